The Hall–Kier alpha value is -1.11. The van der Waals surface area contributed by atoms with Gasteiger partial charge in [0.15, 0.2) is 0 Å². The van der Waals surface area contributed by atoms with Gasteiger partial charge in [-0.05, 0) is 6.07 Å². The van der Waals surface area contributed by atoms with E-state index in [9.17, 15) is 4.79 Å². The van der Waals surface area contributed by atoms with Crippen molar-refractivity contribution < 1.29 is 0 Å². The number of nitrogen functional groups attached to an aromatic ring is 2. The maximum absolute atomic E-state index is 11.2. The van der Waals surface area contributed by atoms with Gasteiger partial charge >= 0.3 is 0 Å². The van der Waals surface area contributed by atoms with Gasteiger partial charge in [-0.1, -0.05) is 0 Å². The number of hydrogen-bond acceptors (Lipinski definition) is 5. The fourth-order valence-corrected chi connectivity index (χ4v) is 1.72. The van der Waals surface area contributed by atoms with E-state index in [1.165, 1.54) is 0 Å². The first-order chi connectivity index (χ1) is 7.18. The van der Waals surface area contributed by atoms with Crippen LogP contribution in [-0.4, -0.2) is 31.2 Å². The molecule has 6 N–H and O–H groups in total. The minimum Gasteiger partial charge on any atom is -0.394 e. The minimum absolute atomic E-state index is 0. The average molecular weight is 282 g/mol. The zero-order valence-electron chi connectivity index (χ0n) is 9.23. The maximum Gasteiger partial charge on any atom is 0.272 e. The first-order valence-corrected chi connectivity index (χ1v) is 4.92. The van der Waals surface area contributed by atoms with Crippen LogP contribution in [0.15, 0.2) is 10.9 Å². The monoisotopic (exact) mass is 281 g/mol. The van der Waals surface area contributed by atoms with Crippen LogP contribution in [0.3, 0.4) is 0 Å². The molecule has 2 rings (SSSR count). The van der Waals surface area contributed by atoms with E-state index in [1.807, 2.05) is 0 Å². The van der Waals surface area contributed by atoms with Crippen molar-refractivity contribution in [3.63, 3.8) is 0 Å². The average Bonchev–Trinajstić information content (AvgIpc) is 2.25. The molecule has 1 aromatic rings. The Kier molecular flexibility index (Phi) is 6.15. The van der Waals surface area contributed by atoms with E-state index in [1.54, 1.807) is 6.07 Å². The molecule has 0 unspecified atom stereocenters. The summed E-state index contributed by atoms with van der Waals surface area (Å²) in [5, 5.41) is 3.24. The van der Waals surface area contributed by atoms with Crippen LogP contribution in [0.1, 0.15) is 0 Å². The number of H-pyrrole nitrogens is 1. The molecule has 0 bridgehead atoms. The Labute approximate surface area is 112 Å². The van der Waals surface area contributed by atoms with Gasteiger partial charge in [-0.2, -0.15) is 0 Å². The number of aromatic amines is 1. The van der Waals surface area contributed by atoms with Crippen LogP contribution in [-0.2, 0) is 0 Å². The van der Waals surface area contributed by atoms with Crippen molar-refractivity contribution in [2.24, 2.45) is 0 Å². The molecule has 0 amide bonds. The predicted octanol–water partition coefficient (Wildman–Crippen LogP) is -0.208. The Morgan fingerprint density at radius 3 is 2.35 bits per heavy atom. The van der Waals surface area contributed by atoms with Gasteiger partial charge in [-0.15, -0.1) is 24.8 Å². The van der Waals surface area contributed by atoms with Gasteiger partial charge in [0, 0.05) is 26.2 Å². The van der Waals surface area contributed by atoms with Gasteiger partial charge in [0.1, 0.15) is 5.82 Å². The first-order valence-electron chi connectivity index (χ1n) is 4.92. The lowest BCUT2D eigenvalue weighted by molar-refractivity contribution is 0.589. The smallest absolute Gasteiger partial charge is 0.272 e. The van der Waals surface area contributed by atoms with Crippen molar-refractivity contribution >= 4 is 42.0 Å². The molecule has 6 nitrogen and oxygen atoms in total. The molecular weight excluding hydrogens is 265 g/mol. The summed E-state index contributed by atoms with van der Waals surface area (Å²) in [5.41, 5.74) is 12.0. The lowest BCUT2D eigenvalue weighted by atomic mass is 10.2. The standard InChI is InChI=1S/C9H15N5O.2ClH/c10-6-5-7(8(11)13-9(6)15)14-3-1-12-2-4-14;;/h5,12H,1-4,10H2,(H3,11,13,15);2*1H. The lowest BCUT2D eigenvalue weighted by Gasteiger charge is -2.30. The highest BCUT2D eigenvalue weighted by Gasteiger charge is 2.14. The van der Waals surface area contributed by atoms with E-state index < -0.39 is 0 Å². The summed E-state index contributed by atoms with van der Waals surface area (Å²) in [6.45, 7) is 3.57. The molecule has 1 aliphatic heterocycles. The Bertz CT molecular complexity index is 416. The summed E-state index contributed by atoms with van der Waals surface area (Å²) in [7, 11) is 0. The molecule has 0 atom stereocenters. The number of anilines is 3. The molecule has 17 heavy (non-hydrogen) atoms. The quantitative estimate of drug-likeness (QED) is 0.571. The Balaban J connectivity index is 0.00000128. The second-order valence-corrected chi connectivity index (χ2v) is 3.59. The van der Waals surface area contributed by atoms with E-state index in [0.717, 1.165) is 31.9 Å². The van der Waals surface area contributed by atoms with Crippen molar-refractivity contribution in [1.29, 1.82) is 0 Å². The van der Waals surface area contributed by atoms with Crippen molar-refractivity contribution in [2.45, 2.75) is 0 Å². The number of aromatic nitrogens is 1. The molecule has 0 spiro atoms. The second-order valence-electron chi connectivity index (χ2n) is 3.59. The van der Waals surface area contributed by atoms with Crippen LogP contribution in [0.2, 0.25) is 0 Å². The summed E-state index contributed by atoms with van der Waals surface area (Å²) in [6.07, 6.45) is 0. The molecule has 0 aromatic carbocycles. The van der Waals surface area contributed by atoms with Gasteiger partial charge in [-0.3, -0.25) is 4.79 Å². The Morgan fingerprint density at radius 2 is 1.76 bits per heavy atom. The SMILES string of the molecule is Cl.Cl.Nc1[nH]c(=O)c(N)cc1N1CCNCC1. The van der Waals surface area contributed by atoms with Gasteiger partial charge in [0.05, 0.1) is 11.4 Å². The summed E-state index contributed by atoms with van der Waals surface area (Å²) in [4.78, 5) is 15.8. The van der Waals surface area contributed by atoms with Crippen LogP contribution in [0.4, 0.5) is 17.2 Å². The van der Waals surface area contributed by atoms with Crippen LogP contribution < -0.4 is 27.2 Å². The zero-order chi connectivity index (χ0) is 10.8. The van der Waals surface area contributed by atoms with Crippen molar-refractivity contribution in [3.05, 3.63) is 16.4 Å². The van der Waals surface area contributed by atoms with Gasteiger partial charge in [-0.25, -0.2) is 0 Å². The van der Waals surface area contributed by atoms with Crippen molar-refractivity contribution in [2.75, 3.05) is 42.5 Å². The van der Waals surface area contributed by atoms with E-state index in [4.69, 9.17) is 11.5 Å². The number of pyridine rings is 1. The van der Waals surface area contributed by atoms with E-state index in [-0.39, 0.29) is 36.1 Å². The molecule has 1 aliphatic rings. The fourth-order valence-electron chi connectivity index (χ4n) is 1.72. The number of nitrogens with zero attached hydrogens (tertiary/aromatic N) is 1. The van der Waals surface area contributed by atoms with Crippen LogP contribution in [0.25, 0.3) is 0 Å². The molecular formula is C9H17Cl2N5O. The summed E-state index contributed by atoms with van der Waals surface area (Å²) in [5.74, 6) is 0.385. The van der Waals surface area contributed by atoms with Crippen LogP contribution >= 0.6 is 24.8 Å². The number of halogens is 2. The van der Waals surface area contributed by atoms with Crippen molar-refractivity contribution in [1.82, 2.24) is 10.3 Å². The third-order valence-electron chi connectivity index (χ3n) is 2.54. The van der Waals surface area contributed by atoms with Crippen molar-refractivity contribution in [3.8, 4) is 0 Å². The topological polar surface area (TPSA) is 100 Å². The molecule has 8 heteroatoms. The normalized spacial score (nSPS) is 14.7. The highest BCUT2D eigenvalue weighted by Crippen LogP contribution is 2.21. The number of hydrogen-bond donors (Lipinski definition) is 4. The minimum atomic E-state index is -0.327. The number of rotatable bonds is 1. The third-order valence-corrected chi connectivity index (χ3v) is 2.54. The highest BCUT2D eigenvalue weighted by atomic mass is 35.5. The number of nitrogens with one attached hydrogen (secondary N) is 2. The van der Waals surface area contributed by atoms with Gasteiger partial charge < -0.3 is 26.7 Å². The molecule has 0 radical (unpaired) electrons. The lowest BCUT2D eigenvalue weighted by Crippen LogP contribution is -2.44. The number of piperazine rings is 1. The molecule has 1 aromatic heterocycles. The van der Waals surface area contributed by atoms with E-state index in [2.05, 4.69) is 15.2 Å². The van der Waals surface area contributed by atoms with Gasteiger partial charge in [0.2, 0.25) is 0 Å². The molecule has 98 valence electrons. The van der Waals surface area contributed by atoms with Crippen LogP contribution in [0, 0.1) is 0 Å². The van der Waals surface area contributed by atoms with Crippen LogP contribution in [0.5, 0.6) is 0 Å². The molecule has 0 saturated carbocycles. The fraction of sp³-hybridized carbons (Fsp3) is 0.444. The molecule has 0 aliphatic carbocycles. The third kappa shape index (κ3) is 3.42. The second kappa shape index (κ2) is 6.58. The summed E-state index contributed by atoms with van der Waals surface area (Å²) >= 11 is 0. The molecule has 1 saturated heterocycles. The first kappa shape index (κ1) is 15.9. The van der Waals surface area contributed by atoms with E-state index in [0.29, 0.717) is 5.82 Å². The molecule has 2 heterocycles. The molecule has 1 fully saturated rings. The maximum atomic E-state index is 11.2. The number of nitrogens with two attached hydrogens (primary N) is 2. The Morgan fingerprint density at radius 1 is 1.18 bits per heavy atom. The highest BCUT2D eigenvalue weighted by molar-refractivity contribution is 5.85. The summed E-state index contributed by atoms with van der Waals surface area (Å²) < 4.78 is 0. The van der Waals surface area contributed by atoms with E-state index >= 15 is 0 Å². The predicted molar refractivity (Wildman–Crippen MR) is 75.5 cm³/mol. The summed E-state index contributed by atoms with van der Waals surface area (Å²) in [6, 6.07) is 1.64. The van der Waals surface area contributed by atoms with Gasteiger partial charge in [0.25, 0.3) is 5.56 Å². The largest absolute Gasteiger partial charge is 0.394 e. The zero-order valence-corrected chi connectivity index (χ0v) is 10.9.